The molecule has 1 aromatic carbocycles. The number of nitrogens with one attached hydrogen (secondary N) is 1. The summed E-state index contributed by atoms with van der Waals surface area (Å²) in [6.45, 7) is 11.7. The van der Waals surface area contributed by atoms with E-state index in [4.69, 9.17) is 4.52 Å². The first kappa shape index (κ1) is 20.3. The molecule has 0 unspecified atom stereocenters. The van der Waals surface area contributed by atoms with Crippen LogP contribution in [0.5, 0.6) is 0 Å². The monoisotopic (exact) mass is 385 g/mol. The molecule has 1 aromatic heterocycles. The summed E-state index contributed by atoms with van der Waals surface area (Å²) in [6, 6.07) is 8.13. The van der Waals surface area contributed by atoms with Crippen LogP contribution in [0.4, 0.5) is 11.4 Å². The number of likely N-dealkylation sites (N-methyl/N-ethyl adjacent to an activating group) is 1. The number of piperazine rings is 1. The van der Waals surface area contributed by atoms with Crippen molar-refractivity contribution in [3.8, 4) is 0 Å². The van der Waals surface area contributed by atoms with Gasteiger partial charge in [0, 0.05) is 56.3 Å². The number of nitrogens with zero attached hydrogens (tertiary/aromatic N) is 4. The minimum atomic E-state index is 0.00732. The second kappa shape index (κ2) is 9.68. The molecule has 152 valence electrons. The smallest absolute Gasteiger partial charge is 0.226 e. The second-order valence-electron chi connectivity index (χ2n) is 7.57. The largest absolute Gasteiger partial charge is 0.369 e. The van der Waals surface area contributed by atoms with Crippen LogP contribution in [0.15, 0.2) is 28.8 Å². The molecule has 0 spiro atoms. The molecule has 7 heteroatoms. The van der Waals surface area contributed by atoms with E-state index in [9.17, 15) is 4.79 Å². The number of aromatic nitrogens is 2. The van der Waals surface area contributed by atoms with E-state index in [2.05, 4.69) is 44.3 Å². The van der Waals surface area contributed by atoms with Gasteiger partial charge in [0.05, 0.1) is 0 Å². The molecule has 1 saturated heterocycles. The summed E-state index contributed by atoms with van der Waals surface area (Å²) < 4.78 is 5.21. The van der Waals surface area contributed by atoms with Crippen molar-refractivity contribution in [2.24, 2.45) is 0 Å². The predicted molar refractivity (Wildman–Crippen MR) is 111 cm³/mol. The SMILES string of the molecule is CCN1CCN(c2ccc(NC(=O)CCCc3nc(C(C)C)no3)cc2)CC1. The summed E-state index contributed by atoms with van der Waals surface area (Å²) in [5, 5.41) is 6.91. The van der Waals surface area contributed by atoms with Gasteiger partial charge in [-0.15, -0.1) is 0 Å². The number of hydrogen-bond acceptors (Lipinski definition) is 6. The molecule has 0 bridgehead atoms. The third-order valence-corrected chi connectivity index (χ3v) is 5.13. The van der Waals surface area contributed by atoms with E-state index < -0.39 is 0 Å². The lowest BCUT2D eigenvalue weighted by atomic mass is 10.2. The number of rotatable bonds is 8. The average molecular weight is 386 g/mol. The summed E-state index contributed by atoms with van der Waals surface area (Å²) >= 11 is 0. The van der Waals surface area contributed by atoms with E-state index in [1.54, 1.807) is 0 Å². The minimum Gasteiger partial charge on any atom is -0.369 e. The Bertz CT molecular complexity index is 748. The van der Waals surface area contributed by atoms with Gasteiger partial charge in [0.2, 0.25) is 11.8 Å². The first-order valence-corrected chi connectivity index (χ1v) is 10.2. The number of aryl methyl sites for hydroxylation is 1. The van der Waals surface area contributed by atoms with E-state index in [0.29, 0.717) is 25.2 Å². The number of carbonyl (C=O) groups is 1. The zero-order valence-electron chi connectivity index (χ0n) is 17.1. The topological polar surface area (TPSA) is 74.5 Å². The Morgan fingerprint density at radius 2 is 1.89 bits per heavy atom. The van der Waals surface area contributed by atoms with Gasteiger partial charge in [-0.3, -0.25) is 4.79 Å². The third-order valence-electron chi connectivity index (χ3n) is 5.13. The molecule has 0 atom stereocenters. The van der Waals surface area contributed by atoms with Crippen LogP contribution in [0.1, 0.15) is 51.2 Å². The second-order valence-corrected chi connectivity index (χ2v) is 7.57. The molecular formula is C21H31N5O2. The van der Waals surface area contributed by atoms with E-state index in [1.807, 2.05) is 26.0 Å². The Balaban J connectivity index is 1.41. The molecule has 1 aliphatic rings. The quantitative estimate of drug-likeness (QED) is 0.752. The lowest BCUT2D eigenvalue weighted by molar-refractivity contribution is -0.116. The molecule has 7 nitrogen and oxygen atoms in total. The van der Waals surface area contributed by atoms with Crippen molar-refractivity contribution in [1.29, 1.82) is 0 Å². The molecule has 1 aliphatic heterocycles. The first-order valence-electron chi connectivity index (χ1n) is 10.2. The highest BCUT2D eigenvalue weighted by Crippen LogP contribution is 2.20. The zero-order valence-corrected chi connectivity index (χ0v) is 17.1. The summed E-state index contributed by atoms with van der Waals surface area (Å²) in [7, 11) is 0. The van der Waals surface area contributed by atoms with Crippen molar-refractivity contribution in [3.63, 3.8) is 0 Å². The van der Waals surface area contributed by atoms with Gasteiger partial charge >= 0.3 is 0 Å². The van der Waals surface area contributed by atoms with Crippen LogP contribution in [0.25, 0.3) is 0 Å². The van der Waals surface area contributed by atoms with Gasteiger partial charge in [-0.05, 0) is 37.2 Å². The lowest BCUT2D eigenvalue weighted by Crippen LogP contribution is -2.46. The van der Waals surface area contributed by atoms with Gasteiger partial charge in [-0.1, -0.05) is 25.9 Å². The van der Waals surface area contributed by atoms with Crippen LogP contribution >= 0.6 is 0 Å². The average Bonchev–Trinajstić information content (AvgIpc) is 3.18. The number of anilines is 2. The van der Waals surface area contributed by atoms with Crippen LogP contribution in [0.3, 0.4) is 0 Å². The van der Waals surface area contributed by atoms with Gasteiger partial charge in [-0.25, -0.2) is 0 Å². The van der Waals surface area contributed by atoms with Crippen molar-refractivity contribution in [3.05, 3.63) is 36.0 Å². The maximum Gasteiger partial charge on any atom is 0.226 e. The van der Waals surface area contributed by atoms with Gasteiger partial charge in [0.25, 0.3) is 0 Å². The first-order chi connectivity index (χ1) is 13.5. The van der Waals surface area contributed by atoms with Crippen LogP contribution in [0.2, 0.25) is 0 Å². The lowest BCUT2D eigenvalue weighted by Gasteiger charge is -2.35. The summed E-state index contributed by atoms with van der Waals surface area (Å²) in [5.74, 6) is 1.58. The van der Waals surface area contributed by atoms with Crippen molar-refractivity contribution < 1.29 is 9.32 Å². The van der Waals surface area contributed by atoms with Crippen LogP contribution in [-0.2, 0) is 11.2 Å². The Hall–Kier alpha value is -2.41. The van der Waals surface area contributed by atoms with Crippen LogP contribution in [-0.4, -0.2) is 53.7 Å². The van der Waals surface area contributed by atoms with Gasteiger partial charge in [0.1, 0.15) is 0 Å². The fraction of sp³-hybridized carbons (Fsp3) is 0.571. The van der Waals surface area contributed by atoms with Crippen molar-refractivity contribution >= 4 is 17.3 Å². The van der Waals surface area contributed by atoms with Gasteiger partial charge in [-0.2, -0.15) is 4.98 Å². The molecule has 2 aromatic rings. The zero-order chi connectivity index (χ0) is 19.9. The molecule has 2 heterocycles. The molecule has 1 amide bonds. The minimum absolute atomic E-state index is 0.00732. The highest BCUT2D eigenvalue weighted by molar-refractivity contribution is 5.90. The Morgan fingerprint density at radius 1 is 1.18 bits per heavy atom. The highest BCUT2D eigenvalue weighted by Gasteiger charge is 2.16. The molecule has 0 saturated carbocycles. The van der Waals surface area contributed by atoms with Crippen LogP contribution < -0.4 is 10.2 Å². The van der Waals surface area contributed by atoms with E-state index >= 15 is 0 Å². The fourth-order valence-electron chi connectivity index (χ4n) is 3.31. The Morgan fingerprint density at radius 3 is 2.50 bits per heavy atom. The van der Waals surface area contributed by atoms with Crippen LogP contribution in [0, 0.1) is 0 Å². The maximum absolute atomic E-state index is 12.2. The fourth-order valence-corrected chi connectivity index (χ4v) is 3.31. The van der Waals surface area contributed by atoms with Crippen molar-refractivity contribution in [2.45, 2.75) is 46.0 Å². The summed E-state index contributed by atoms with van der Waals surface area (Å²) in [4.78, 5) is 21.4. The maximum atomic E-state index is 12.2. The molecule has 3 rings (SSSR count). The molecule has 0 aliphatic carbocycles. The van der Waals surface area contributed by atoms with Crippen molar-refractivity contribution in [1.82, 2.24) is 15.0 Å². The number of amides is 1. The third kappa shape index (κ3) is 5.55. The van der Waals surface area contributed by atoms with Gasteiger partial charge in [0.15, 0.2) is 5.82 Å². The highest BCUT2D eigenvalue weighted by atomic mass is 16.5. The van der Waals surface area contributed by atoms with Crippen molar-refractivity contribution in [2.75, 3.05) is 42.9 Å². The molecule has 1 fully saturated rings. The van der Waals surface area contributed by atoms with E-state index in [-0.39, 0.29) is 11.8 Å². The van der Waals surface area contributed by atoms with Gasteiger partial charge < -0.3 is 19.6 Å². The molecule has 28 heavy (non-hydrogen) atoms. The number of carbonyl (C=O) groups excluding carboxylic acids is 1. The van der Waals surface area contributed by atoms with E-state index in [0.717, 1.165) is 44.2 Å². The Labute approximate surface area is 167 Å². The number of hydrogen-bond donors (Lipinski definition) is 1. The molecule has 0 radical (unpaired) electrons. The predicted octanol–water partition coefficient (Wildman–Crippen LogP) is 3.30. The standard InChI is InChI=1S/C21H31N5O2/c1-4-25-12-14-26(15-13-25)18-10-8-17(9-11-18)22-19(27)6-5-7-20-23-21(16(2)3)24-28-20/h8-11,16H,4-7,12-15H2,1-3H3,(H,22,27). The normalized spacial score (nSPS) is 15.2. The Kier molecular flexibility index (Phi) is 7.03. The molecule has 1 N–H and O–H groups in total. The summed E-state index contributed by atoms with van der Waals surface area (Å²) in [6.07, 6.45) is 1.74. The summed E-state index contributed by atoms with van der Waals surface area (Å²) in [5.41, 5.74) is 2.05. The molecular weight excluding hydrogens is 354 g/mol. The van der Waals surface area contributed by atoms with E-state index in [1.165, 1.54) is 5.69 Å². The number of benzene rings is 1.